The molecule has 1 atom stereocenters. The molecule has 3 heteroatoms. The van der Waals surface area contributed by atoms with Crippen molar-refractivity contribution in [3.05, 3.63) is 70.8 Å². The summed E-state index contributed by atoms with van der Waals surface area (Å²) in [6.45, 7) is 0. The fraction of sp³-hybridized carbons (Fsp3) is 0.188. The first-order chi connectivity index (χ1) is 9.16. The van der Waals surface area contributed by atoms with Gasteiger partial charge in [-0.05, 0) is 35.7 Å². The van der Waals surface area contributed by atoms with Gasteiger partial charge < -0.3 is 0 Å². The molecule has 0 saturated heterocycles. The summed E-state index contributed by atoms with van der Waals surface area (Å²) in [5.74, 6) is -0.945. The van der Waals surface area contributed by atoms with E-state index >= 15 is 0 Å². The van der Waals surface area contributed by atoms with Crippen molar-refractivity contribution < 1.29 is 13.6 Å². The van der Waals surface area contributed by atoms with Gasteiger partial charge in [0.25, 0.3) is 0 Å². The van der Waals surface area contributed by atoms with E-state index in [0.29, 0.717) is 18.4 Å². The predicted molar refractivity (Wildman–Crippen MR) is 68.2 cm³/mol. The summed E-state index contributed by atoms with van der Waals surface area (Å²) < 4.78 is 26.8. The number of carbonyl (C=O) groups is 1. The van der Waals surface area contributed by atoms with E-state index in [9.17, 15) is 13.6 Å². The molecule has 0 heterocycles. The molecule has 1 nitrogen and oxygen atoms in total. The van der Waals surface area contributed by atoms with Gasteiger partial charge in [0.05, 0.1) is 5.56 Å². The van der Waals surface area contributed by atoms with Gasteiger partial charge in [-0.25, -0.2) is 8.78 Å². The number of Topliss-reactive ketones (excluding diaryl/α,β-unsaturated/α-hetero) is 1. The average molecular weight is 258 g/mol. The second kappa shape index (κ2) is 4.57. The number of fused-ring (bicyclic) bond motifs is 1. The van der Waals surface area contributed by atoms with Gasteiger partial charge in [-0.1, -0.05) is 24.3 Å². The van der Waals surface area contributed by atoms with Crippen LogP contribution >= 0.6 is 0 Å². The SMILES string of the molecule is O=C1CCC(c2ccc(F)cc2)c2cccc(F)c21. The summed E-state index contributed by atoms with van der Waals surface area (Å²) in [6, 6.07) is 10.9. The van der Waals surface area contributed by atoms with Crippen LogP contribution in [0, 0.1) is 11.6 Å². The van der Waals surface area contributed by atoms with Gasteiger partial charge in [-0.3, -0.25) is 4.79 Å². The van der Waals surface area contributed by atoms with Crippen molar-refractivity contribution in [2.24, 2.45) is 0 Å². The van der Waals surface area contributed by atoms with E-state index in [1.165, 1.54) is 18.2 Å². The molecule has 3 rings (SSSR count). The Morgan fingerprint density at radius 3 is 2.47 bits per heavy atom. The van der Waals surface area contributed by atoms with Crippen LogP contribution in [0.4, 0.5) is 8.78 Å². The highest BCUT2D eigenvalue weighted by atomic mass is 19.1. The van der Waals surface area contributed by atoms with Crippen LogP contribution in [0.3, 0.4) is 0 Å². The van der Waals surface area contributed by atoms with E-state index in [4.69, 9.17) is 0 Å². The molecule has 0 bridgehead atoms. The van der Waals surface area contributed by atoms with E-state index in [2.05, 4.69) is 0 Å². The lowest BCUT2D eigenvalue weighted by Crippen LogP contribution is -2.18. The molecular formula is C16H12F2O. The monoisotopic (exact) mass is 258 g/mol. The first kappa shape index (κ1) is 12.0. The van der Waals surface area contributed by atoms with Crippen molar-refractivity contribution in [2.45, 2.75) is 18.8 Å². The van der Waals surface area contributed by atoms with Gasteiger partial charge in [-0.15, -0.1) is 0 Å². The smallest absolute Gasteiger partial charge is 0.166 e. The molecule has 2 aromatic rings. The number of hydrogen-bond acceptors (Lipinski definition) is 1. The molecule has 0 radical (unpaired) electrons. The van der Waals surface area contributed by atoms with E-state index in [1.807, 2.05) is 0 Å². The van der Waals surface area contributed by atoms with E-state index in [0.717, 1.165) is 5.56 Å². The van der Waals surface area contributed by atoms with Crippen molar-refractivity contribution in [1.29, 1.82) is 0 Å². The second-order valence-corrected chi connectivity index (χ2v) is 4.77. The molecule has 19 heavy (non-hydrogen) atoms. The Morgan fingerprint density at radius 2 is 1.74 bits per heavy atom. The lowest BCUT2D eigenvalue weighted by molar-refractivity contribution is 0.0965. The Kier molecular flexibility index (Phi) is 2.90. The predicted octanol–water partition coefficient (Wildman–Crippen LogP) is 4.07. The summed E-state index contributed by atoms with van der Waals surface area (Å²) >= 11 is 0. The third-order valence-electron chi connectivity index (χ3n) is 3.63. The van der Waals surface area contributed by atoms with Crippen LogP contribution in [0.2, 0.25) is 0 Å². The fourth-order valence-electron chi connectivity index (χ4n) is 2.72. The van der Waals surface area contributed by atoms with Crippen molar-refractivity contribution in [1.82, 2.24) is 0 Å². The standard InChI is InChI=1S/C16H12F2O/c17-11-6-4-10(5-7-11)12-8-9-15(19)16-13(12)2-1-3-14(16)18/h1-7,12H,8-9H2. The largest absolute Gasteiger partial charge is 0.294 e. The molecule has 1 aliphatic rings. The van der Waals surface area contributed by atoms with E-state index in [-0.39, 0.29) is 23.1 Å². The number of carbonyl (C=O) groups excluding carboxylic acids is 1. The quantitative estimate of drug-likeness (QED) is 0.753. The Balaban J connectivity index is 2.11. The molecule has 0 aliphatic heterocycles. The third-order valence-corrected chi connectivity index (χ3v) is 3.63. The third kappa shape index (κ3) is 2.05. The maximum Gasteiger partial charge on any atom is 0.166 e. The molecular weight excluding hydrogens is 246 g/mol. The highest BCUT2D eigenvalue weighted by Gasteiger charge is 2.28. The lowest BCUT2D eigenvalue weighted by Gasteiger charge is -2.25. The molecule has 0 saturated carbocycles. The van der Waals surface area contributed by atoms with Crippen LogP contribution in [0.25, 0.3) is 0 Å². The minimum Gasteiger partial charge on any atom is -0.294 e. The Labute approximate surface area is 109 Å². The van der Waals surface area contributed by atoms with Gasteiger partial charge in [0, 0.05) is 12.3 Å². The zero-order valence-electron chi connectivity index (χ0n) is 10.2. The fourth-order valence-corrected chi connectivity index (χ4v) is 2.72. The zero-order valence-corrected chi connectivity index (χ0v) is 10.2. The molecule has 0 spiro atoms. The Hall–Kier alpha value is -2.03. The molecule has 1 aliphatic carbocycles. The molecule has 0 aromatic heterocycles. The molecule has 2 aromatic carbocycles. The van der Waals surface area contributed by atoms with Crippen molar-refractivity contribution >= 4 is 5.78 Å². The summed E-state index contributed by atoms with van der Waals surface area (Å²) in [5, 5.41) is 0. The van der Waals surface area contributed by atoms with Crippen LogP contribution < -0.4 is 0 Å². The molecule has 0 amide bonds. The molecule has 0 N–H and O–H groups in total. The normalized spacial score (nSPS) is 18.2. The maximum absolute atomic E-state index is 13.8. The summed E-state index contributed by atoms with van der Waals surface area (Å²) in [5.41, 5.74) is 1.83. The van der Waals surface area contributed by atoms with Crippen molar-refractivity contribution in [3.8, 4) is 0 Å². The second-order valence-electron chi connectivity index (χ2n) is 4.77. The zero-order chi connectivity index (χ0) is 13.4. The molecule has 1 unspecified atom stereocenters. The summed E-state index contributed by atoms with van der Waals surface area (Å²) in [7, 11) is 0. The minimum atomic E-state index is -0.464. The van der Waals surface area contributed by atoms with Crippen molar-refractivity contribution in [2.75, 3.05) is 0 Å². The highest BCUT2D eigenvalue weighted by molar-refractivity contribution is 5.99. The first-order valence-electron chi connectivity index (χ1n) is 6.24. The van der Waals surface area contributed by atoms with Gasteiger partial charge in [-0.2, -0.15) is 0 Å². The minimum absolute atomic E-state index is 0.0380. The number of halogens is 2. The first-order valence-corrected chi connectivity index (χ1v) is 6.24. The number of rotatable bonds is 1. The van der Waals surface area contributed by atoms with Gasteiger partial charge >= 0.3 is 0 Å². The van der Waals surface area contributed by atoms with Crippen LogP contribution in [-0.4, -0.2) is 5.78 Å². The van der Waals surface area contributed by atoms with Gasteiger partial charge in [0.2, 0.25) is 0 Å². The van der Waals surface area contributed by atoms with E-state index < -0.39 is 5.82 Å². The van der Waals surface area contributed by atoms with Crippen LogP contribution in [0.15, 0.2) is 42.5 Å². The lowest BCUT2D eigenvalue weighted by atomic mass is 9.78. The summed E-state index contributed by atoms with van der Waals surface area (Å²) in [4.78, 5) is 11.8. The molecule has 0 fully saturated rings. The maximum atomic E-state index is 13.8. The van der Waals surface area contributed by atoms with Crippen LogP contribution in [0.5, 0.6) is 0 Å². The number of hydrogen-bond donors (Lipinski definition) is 0. The number of benzene rings is 2. The van der Waals surface area contributed by atoms with Crippen LogP contribution in [-0.2, 0) is 0 Å². The Bertz CT molecular complexity index is 632. The summed E-state index contributed by atoms with van der Waals surface area (Å²) in [6.07, 6.45) is 0.969. The topological polar surface area (TPSA) is 17.1 Å². The molecule has 96 valence electrons. The number of ketones is 1. The van der Waals surface area contributed by atoms with Gasteiger partial charge in [0.15, 0.2) is 5.78 Å². The Morgan fingerprint density at radius 1 is 1.00 bits per heavy atom. The van der Waals surface area contributed by atoms with E-state index in [1.54, 1.807) is 24.3 Å². The van der Waals surface area contributed by atoms with Gasteiger partial charge in [0.1, 0.15) is 11.6 Å². The average Bonchev–Trinajstić information content (AvgIpc) is 2.41. The van der Waals surface area contributed by atoms with Crippen molar-refractivity contribution in [3.63, 3.8) is 0 Å². The van der Waals surface area contributed by atoms with Crippen LogP contribution in [0.1, 0.15) is 40.2 Å². The highest BCUT2D eigenvalue weighted by Crippen LogP contribution is 2.37.